The number of carbonyl (C=O) groups is 1. The zero-order chi connectivity index (χ0) is 10.8. The van der Waals surface area contributed by atoms with Gasteiger partial charge in [-0.25, -0.2) is 4.79 Å². The summed E-state index contributed by atoms with van der Waals surface area (Å²) < 4.78 is 1.66. The lowest BCUT2D eigenvalue weighted by atomic mass is 10.3. The highest BCUT2D eigenvalue weighted by atomic mass is 32.1. The van der Waals surface area contributed by atoms with Crippen molar-refractivity contribution in [1.82, 2.24) is 9.78 Å². The molecule has 2 heterocycles. The van der Waals surface area contributed by atoms with E-state index in [-0.39, 0.29) is 5.69 Å². The van der Waals surface area contributed by atoms with E-state index in [2.05, 4.69) is 5.10 Å². The van der Waals surface area contributed by atoms with E-state index in [1.54, 1.807) is 29.1 Å². The highest BCUT2D eigenvalue weighted by Crippen LogP contribution is 2.12. The quantitative estimate of drug-likeness (QED) is 0.864. The topological polar surface area (TPSA) is 55.1 Å². The lowest BCUT2D eigenvalue weighted by Crippen LogP contribution is -2.03. The molecule has 0 saturated heterocycles. The van der Waals surface area contributed by atoms with Gasteiger partial charge in [-0.05, 0) is 18.4 Å². The van der Waals surface area contributed by atoms with Gasteiger partial charge >= 0.3 is 5.97 Å². The van der Waals surface area contributed by atoms with Crippen molar-refractivity contribution in [2.45, 2.75) is 13.5 Å². The van der Waals surface area contributed by atoms with Crippen molar-refractivity contribution >= 4 is 17.3 Å². The van der Waals surface area contributed by atoms with Gasteiger partial charge in [0.1, 0.15) is 0 Å². The third-order valence-electron chi connectivity index (χ3n) is 2.05. The first-order chi connectivity index (χ1) is 7.16. The highest BCUT2D eigenvalue weighted by molar-refractivity contribution is 7.09. The zero-order valence-electron chi connectivity index (χ0n) is 8.17. The Balaban J connectivity index is 2.23. The van der Waals surface area contributed by atoms with Crippen LogP contribution in [0.15, 0.2) is 23.7 Å². The number of aromatic carboxylic acids is 1. The predicted molar refractivity (Wildman–Crippen MR) is 57.3 cm³/mol. The van der Waals surface area contributed by atoms with Gasteiger partial charge in [0.2, 0.25) is 0 Å². The molecule has 0 fully saturated rings. The molecule has 0 spiro atoms. The van der Waals surface area contributed by atoms with Crippen molar-refractivity contribution in [2.75, 3.05) is 0 Å². The summed E-state index contributed by atoms with van der Waals surface area (Å²) in [4.78, 5) is 11.9. The lowest BCUT2D eigenvalue weighted by Gasteiger charge is -1.96. The number of aryl methyl sites for hydroxylation is 1. The molecule has 0 aliphatic carbocycles. The van der Waals surface area contributed by atoms with E-state index in [1.165, 1.54) is 0 Å². The minimum Gasteiger partial charge on any atom is -0.476 e. The van der Waals surface area contributed by atoms with Crippen molar-refractivity contribution < 1.29 is 9.90 Å². The number of rotatable bonds is 3. The van der Waals surface area contributed by atoms with Gasteiger partial charge < -0.3 is 5.11 Å². The second-order valence-electron chi connectivity index (χ2n) is 3.24. The van der Waals surface area contributed by atoms with Crippen molar-refractivity contribution in [3.8, 4) is 0 Å². The largest absolute Gasteiger partial charge is 0.476 e. The van der Waals surface area contributed by atoms with Crippen molar-refractivity contribution in [3.63, 3.8) is 0 Å². The van der Waals surface area contributed by atoms with Crippen LogP contribution in [-0.4, -0.2) is 20.9 Å². The normalized spacial score (nSPS) is 10.5. The summed E-state index contributed by atoms with van der Waals surface area (Å²) in [5.74, 6) is -0.975. The summed E-state index contributed by atoms with van der Waals surface area (Å²) in [6.45, 7) is 2.38. The van der Waals surface area contributed by atoms with E-state index in [1.807, 2.05) is 17.5 Å². The molecule has 15 heavy (non-hydrogen) atoms. The molecule has 0 aliphatic heterocycles. The van der Waals surface area contributed by atoms with Gasteiger partial charge in [0, 0.05) is 16.6 Å². The summed E-state index contributed by atoms with van der Waals surface area (Å²) in [5.41, 5.74) is 0.825. The minimum atomic E-state index is -0.975. The molecular formula is C10H10N2O2S. The maximum atomic E-state index is 10.8. The van der Waals surface area contributed by atoms with E-state index in [9.17, 15) is 4.79 Å². The molecule has 1 N–H and O–H groups in total. The summed E-state index contributed by atoms with van der Waals surface area (Å²) in [5, 5.41) is 14.8. The van der Waals surface area contributed by atoms with Crippen molar-refractivity contribution in [2.24, 2.45) is 0 Å². The molecule has 0 atom stereocenters. The number of nitrogens with zero attached hydrogens (tertiary/aromatic N) is 2. The third kappa shape index (κ3) is 2.07. The van der Waals surface area contributed by atoms with Crippen LogP contribution in [0.25, 0.3) is 0 Å². The fourth-order valence-corrected chi connectivity index (χ4v) is 2.07. The highest BCUT2D eigenvalue weighted by Gasteiger charge is 2.12. The Bertz CT molecular complexity index is 474. The minimum absolute atomic E-state index is 0.131. The van der Waals surface area contributed by atoms with E-state index >= 15 is 0 Å². The molecule has 0 unspecified atom stereocenters. The van der Waals surface area contributed by atoms with E-state index < -0.39 is 5.97 Å². The summed E-state index contributed by atoms with van der Waals surface area (Å²) in [6, 6.07) is 3.97. The average Bonchev–Trinajstić information content (AvgIpc) is 2.75. The lowest BCUT2D eigenvalue weighted by molar-refractivity contribution is 0.0689. The van der Waals surface area contributed by atoms with Crippen LogP contribution in [-0.2, 0) is 6.54 Å². The van der Waals surface area contributed by atoms with Crippen LogP contribution in [0.3, 0.4) is 0 Å². The van der Waals surface area contributed by atoms with Gasteiger partial charge in [-0.2, -0.15) is 5.10 Å². The SMILES string of the molecule is Cc1cn(Cc2cccs2)nc1C(=O)O. The molecule has 78 valence electrons. The average molecular weight is 222 g/mol. The number of carboxylic acid groups (broad SMARTS) is 1. The van der Waals surface area contributed by atoms with Gasteiger partial charge in [0.25, 0.3) is 0 Å². The van der Waals surface area contributed by atoms with E-state index in [4.69, 9.17) is 5.11 Å². The fourth-order valence-electron chi connectivity index (χ4n) is 1.38. The maximum absolute atomic E-state index is 10.8. The fraction of sp³-hybridized carbons (Fsp3) is 0.200. The van der Waals surface area contributed by atoms with Gasteiger partial charge in [0.05, 0.1) is 6.54 Å². The Morgan fingerprint density at radius 3 is 3.00 bits per heavy atom. The molecule has 2 aromatic rings. The molecular weight excluding hydrogens is 212 g/mol. The second-order valence-corrected chi connectivity index (χ2v) is 4.28. The van der Waals surface area contributed by atoms with Gasteiger partial charge in [-0.3, -0.25) is 4.68 Å². The van der Waals surface area contributed by atoms with Crippen LogP contribution in [0.1, 0.15) is 20.9 Å². The Morgan fingerprint density at radius 1 is 1.67 bits per heavy atom. The number of carboxylic acids is 1. The summed E-state index contributed by atoms with van der Waals surface area (Å²) >= 11 is 1.63. The summed E-state index contributed by atoms with van der Waals surface area (Å²) in [6.07, 6.45) is 1.75. The Kier molecular flexibility index (Phi) is 2.55. The van der Waals surface area contributed by atoms with E-state index in [0.29, 0.717) is 12.1 Å². The van der Waals surface area contributed by atoms with Crippen LogP contribution in [0.5, 0.6) is 0 Å². The van der Waals surface area contributed by atoms with Gasteiger partial charge in [0.15, 0.2) is 5.69 Å². The smallest absolute Gasteiger partial charge is 0.356 e. The Labute approximate surface area is 90.8 Å². The van der Waals surface area contributed by atoms with Crippen molar-refractivity contribution in [1.29, 1.82) is 0 Å². The molecule has 0 aliphatic rings. The Morgan fingerprint density at radius 2 is 2.47 bits per heavy atom. The molecule has 4 nitrogen and oxygen atoms in total. The monoisotopic (exact) mass is 222 g/mol. The molecule has 0 amide bonds. The molecule has 0 aromatic carbocycles. The molecule has 5 heteroatoms. The molecule has 0 saturated carbocycles. The first-order valence-corrected chi connectivity index (χ1v) is 5.34. The molecule has 0 bridgehead atoms. The van der Waals surface area contributed by atoms with Gasteiger partial charge in [-0.15, -0.1) is 11.3 Å². The molecule has 2 rings (SSSR count). The Hall–Kier alpha value is -1.62. The number of hydrogen-bond donors (Lipinski definition) is 1. The first-order valence-electron chi connectivity index (χ1n) is 4.46. The van der Waals surface area contributed by atoms with Crippen molar-refractivity contribution in [3.05, 3.63) is 39.8 Å². The zero-order valence-corrected chi connectivity index (χ0v) is 8.99. The van der Waals surface area contributed by atoms with E-state index in [0.717, 1.165) is 4.88 Å². The maximum Gasteiger partial charge on any atom is 0.356 e. The van der Waals surface area contributed by atoms with Crippen LogP contribution in [0, 0.1) is 6.92 Å². The molecule has 0 radical (unpaired) electrons. The number of aromatic nitrogens is 2. The standard InChI is InChI=1S/C10H10N2O2S/c1-7-5-12(11-9(7)10(13)14)6-8-3-2-4-15-8/h2-5H,6H2,1H3,(H,13,14). The predicted octanol–water partition coefficient (Wildman–Crippen LogP) is 2.00. The summed E-state index contributed by atoms with van der Waals surface area (Å²) in [7, 11) is 0. The number of hydrogen-bond acceptors (Lipinski definition) is 3. The van der Waals surface area contributed by atoms with Crippen LogP contribution < -0.4 is 0 Å². The van der Waals surface area contributed by atoms with Gasteiger partial charge in [-0.1, -0.05) is 6.07 Å². The number of thiophene rings is 1. The first kappa shape index (κ1) is 9.92. The van der Waals surface area contributed by atoms with Crippen LogP contribution >= 0.6 is 11.3 Å². The third-order valence-corrected chi connectivity index (χ3v) is 2.91. The molecule has 2 aromatic heterocycles. The second kappa shape index (κ2) is 3.86. The van der Waals surface area contributed by atoms with Crippen LogP contribution in [0.4, 0.5) is 0 Å². The van der Waals surface area contributed by atoms with Crippen LogP contribution in [0.2, 0.25) is 0 Å².